The Bertz CT molecular complexity index is 567. The first-order chi connectivity index (χ1) is 7.56. The van der Waals surface area contributed by atoms with Crippen molar-refractivity contribution in [1.82, 2.24) is 4.57 Å². The Morgan fingerprint density at radius 1 is 1.44 bits per heavy atom. The molecule has 0 fully saturated rings. The highest BCUT2D eigenvalue weighted by Gasteiger charge is 2.18. The van der Waals surface area contributed by atoms with Gasteiger partial charge in [0, 0.05) is 11.9 Å². The minimum atomic E-state index is -0.0986. The molecule has 16 heavy (non-hydrogen) atoms. The number of carbonyl (C=O) groups is 1. The molecule has 1 aromatic heterocycles. The average molecular weight is 217 g/mol. The summed E-state index contributed by atoms with van der Waals surface area (Å²) in [5.41, 5.74) is 2.47. The summed E-state index contributed by atoms with van der Waals surface area (Å²) in [4.78, 5) is 11.5. The van der Waals surface area contributed by atoms with Crippen LogP contribution >= 0.6 is 0 Å². The lowest BCUT2D eigenvalue weighted by atomic mass is 10.1. The number of benzene rings is 1. The second kappa shape index (κ2) is 3.67. The maximum absolute atomic E-state index is 11.5. The molecule has 3 heteroatoms. The molecule has 0 bridgehead atoms. The van der Waals surface area contributed by atoms with Gasteiger partial charge in [-0.25, -0.2) is 0 Å². The van der Waals surface area contributed by atoms with E-state index in [0.29, 0.717) is 12.1 Å². The van der Waals surface area contributed by atoms with Crippen LogP contribution < -0.4 is 0 Å². The molecule has 0 atom stereocenters. The van der Waals surface area contributed by atoms with Crippen molar-refractivity contribution in [2.75, 3.05) is 0 Å². The summed E-state index contributed by atoms with van der Waals surface area (Å²) in [7, 11) is 0. The van der Waals surface area contributed by atoms with E-state index in [0.717, 1.165) is 16.5 Å². The summed E-state index contributed by atoms with van der Waals surface area (Å²) in [5, 5.41) is 10.8. The highest BCUT2D eigenvalue weighted by Crippen LogP contribution is 2.32. The summed E-state index contributed by atoms with van der Waals surface area (Å²) in [6, 6.07) is 5.84. The van der Waals surface area contributed by atoms with Gasteiger partial charge in [0.1, 0.15) is 0 Å². The van der Waals surface area contributed by atoms with Gasteiger partial charge >= 0.3 is 0 Å². The molecule has 0 aliphatic rings. The van der Waals surface area contributed by atoms with Gasteiger partial charge in [-0.2, -0.15) is 0 Å². The largest absolute Gasteiger partial charge is 0.494 e. The molecule has 0 saturated carbocycles. The van der Waals surface area contributed by atoms with Crippen molar-refractivity contribution in [3.8, 4) is 5.88 Å². The van der Waals surface area contributed by atoms with Crippen LogP contribution in [0, 0.1) is 6.92 Å². The first-order valence-electron chi connectivity index (χ1n) is 5.39. The predicted octanol–water partition coefficient (Wildman–Crippen LogP) is 2.88. The molecule has 0 aliphatic carbocycles. The summed E-state index contributed by atoms with van der Waals surface area (Å²) in [6.07, 6.45) is 0. The second-order valence-corrected chi connectivity index (χ2v) is 4.02. The Morgan fingerprint density at radius 2 is 2.12 bits per heavy atom. The summed E-state index contributed by atoms with van der Waals surface area (Å²) in [6.45, 7) is 6.08. The number of nitrogens with zero attached hydrogens (tertiary/aromatic N) is 1. The summed E-state index contributed by atoms with van der Waals surface area (Å²) in [5.74, 6) is -0.0193. The van der Waals surface area contributed by atoms with E-state index in [-0.39, 0.29) is 11.7 Å². The molecular weight excluding hydrogens is 202 g/mol. The molecule has 0 aliphatic heterocycles. The van der Waals surface area contributed by atoms with Gasteiger partial charge in [0.25, 0.3) is 0 Å². The van der Waals surface area contributed by atoms with Crippen molar-refractivity contribution >= 4 is 16.7 Å². The summed E-state index contributed by atoms with van der Waals surface area (Å²) >= 11 is 0. The number of rotatable bonds is 2. The Hall–Kier alpha value is -1.77. The maximum atomic E-state index is 11.5. The Kier molecular flexibility index (Phi) is 2.46. The van der Waals surface area contributed by atoms with Gasteiger partial charge in [-0.05, 0) is 32.4 Å². The van der Waals surface area contributed by atoms with Crippen molar-refractivity contribution in [3.05, 3.63) is 29.3 Å². The SMILES string of the molecule is CCn1c(O)c(C(C)=O)c2ccc(C)cc21. The van der Waals surface area contributed by atoms with Crippen LogP contribution in [-0.4, -0.2) is 15.5 Å². The first-order valence-corrected chi connectivity index (χ1v) is 5.39. The molecule has 0 amide bonds. The maximum Gasteiger partial charge on any atom is 0.203 e. The van der Waals surface area contributed by atoms with E-state index in [1.54, 1.807) is 4.57 Å². The van der Waals surface area contributed by atoms with Crippen molar-refractivity contribution < 1.29 is 9.90 Å². The zero-order chi connectivity index (χ0) is 11.9. The van der Waals surface area contributed by atoms with Gasteiger partial charge in [0.05, 0.1) is 11.1 Å². The number of aromatic nitrogens is 1. The molecule has 0 unspecified atom stereocenters. The minimum absolute atomic E-state index is 0.0793. The Labute approximate surface area is 94.3 Å². The fourth-order valence-electron chi connectivity index (χ4n) is 2.11. The van der Waals surface area contributed by atoms with E-state index >= 15 is 0 Å². The Morgan fingerprint density at radius 3 is 2.69 bits per heavy atom. The molecule has 1 N–H and O–H groups in total. The molecule has 2 aromatic rings. The van der Waals surface area contributed by atoms with E-state index in [1.807, 2.05) is 32.0 Å². The smallest absolute Gasteiger partial charge is 0.203 e. The quantitative estimate of drug-likeness (QED) is 0.786. The number of hydrogen-bond donors (Lipinski definition) is 1. The van der Waals surface area contributed by atoms with E-state index < -0.39 is 0 Å². The van der Waals surface area contributed by atoms with Crippen LogP contribution in [0.2, 0.25) is 0 Å². The number of aryl methyl sites for hydroxylation is 2. The van der Waals surface area contributed by atoms with Crippen molar-refractivity contribution in [1.29, 1.82) is 0 Å². The molecule has 0 saturated heterocycles. The van der Waals surface area contributed by atoms with Crippen molar-refractivity contribution in [2.24, 2.45) is 0 Å². The third kappa shape index (κ3) is 1.40. The average Bonchev–Trinajstić information content (AvgIpc) is 2.49. The van der Waals surface area contributed by atoms with Crippen LogP contribution in [-0.2, 0) is 6.54 Å². The predicted molar refractivity (Wildman–Crippen MR) is 64.0 cm³/mol. The van der Waals surface area contributed by atoms with E-state index in [2.05, 4.69) is 0 Å². The molecule has 2 rings (SSSR count). The zero-order valence-electron chi connectivity index (χ0n) is 9.74. The van der Waals surface area contributed by atoms with Gasteiger partial charge in [-0.1, -0.05) is 12.1 Å². The van der Waals surface area contributed by atoms with Crippen molar-refractivity contribution in [3.63, 3.8) is 0 Å². The third-order valence-corrected chi connectivity index (χ3v) is 2.86. The molecule has 3 nitrogen and oxygen atoms in total. The lowest BCUT2D eigenvalue weighted by molar-refractivity contribution is 0.101. The molecule has 0 radical (unpaired) electrons. The van der Waals surface area contributed by atoms with Crippen LogP contribution in [0.25, 0.3) is 10.9 Å². The number of aromatic hydroxyl groups is 1. The number of ketones is 1. The first kappa shape index (κ1) is 10.7. The van der Waals surface area contributed by atoms with Gasteiger partial charge in [0.2, 0.25) is 5.88 Å². The molecule has 0 spiro atoms. The van der Waals surface area contributed by atoms with Crippen LogP contribution in [0.15, 0.2) is 18.2 Å². The molecule has 1 aromatic carbocycles. The zero-order valence-corrected chi connectivity index (χ0v) is 9.74. The van der Waals surface area contributed by atoms with Gasteiger partial charge in [0.15, 0.2) is 5.78 Å². The topological polar surface area (TPSA) is 42.2 Å². The van der Waals surface area contributed by atoms with Crippen LogP contribution in [0.1, 0.15) is 29.8 Å². The normalized spacial score (nSPS) is 10.9. The molecular formula is C13H15NO2. The standard InChI is InChI=1S/C13H15NO2/c1-4-14-11-7-8(2)5-6-10(11)12(9(3)15)13(14)16/h5-7,16H,4H2,1-3H3. The van der Waals surface area contributed by atoms with E-state index in [9.17, 15) is 9.90 Å². The van der Waals surface area contributed by atoms with Gasteiger partial charge < -0.3 is 9.67 Å². The minimum Gasteiger partial charge on any atom is -0.494 e. The number of fused-ring (bicyclic) bond motifs is 1. The highest BCUT2D eigenvalue weighted by molar-refractivity contribution is 6.09. The van der Waals surface area contributed by atoms with E-state index in [4.69, 9.17) is 0 Å². The molecule has 84 valence electrons. The summed E-state index contributed by atoms with van der Waals surface area (Å²) < 4.78 is 1.76. The van der Waals surface area contributed by atoms with Gasteiger partial charge in [-0.15, -0.1) is 0 Å². The van der Waals surface area contributed by atoms with Crippen LogP contribution in [0.3, 0.4) is 0 Å². The molecule has 1 heterocycles. The lowest BCUT2D eigenvalue weighted by Gasteiger charge is -2.02. The van der Waals surface area contributed by atoms with Crippen LogP contribution in [0.5, 0.6) is 5.88 Å². The monoisotopic (exact) mass is 217 g/mol. The highest BCUT2D eigenvalue weighted by atomic mass is 16.3. The second-order valence-electron chi connectivity index (χ2n) is 4.02. The lowest BCUT2D eigenvalue weighted by Crippen LogP contribution is -1.94. The number of hydrogen-bond acceptors (Lipinski definition) is 2. The number of carbonyl (C=O) groups excluding carboxylic acids is 1. The van der Waals surface area contributed by atoms with Crippen molar-refractivity contribution in [2.45, 2.75) is 27.3 Å². The third-order valence-electron chi connectivity index (χ3n) is 2.86. The van der Waals surface area contributed by atoms with Crippen LogP contribution in [0.4, 0.5) is 0 Å². The Balaban J connectivity index is 2.91. The van der Waals surface area contributed by atoms with E-state index in [1.165, 1.54) is 6.92 Å². The fourth-order valence-corrected chi connectivity index (χ4v) is 2.11. The van der Waals surface area contributed by atoms with Gasteiger partial charge in [-0.3, -0.25) is 4.79 Å². The number of Topliss-reactive ketones (excluding diaryl/α,β-unsaturated/α-hetero) is 1. The fraction of sp³-hybridized carbons (Fsp3) is 0.308.